The molecule has 6 heteroatoms. The topological polar surface area (TPSA) is 79.5 Å². The van der Waals surface area contributed by atoms with E-state index >= 15 is 0 Å². The predicted octanol–water partition coefficient (Wildman–Crippen LogP) is 3.76. The third-order valence-electron chi connectivity index (χ3n) is 6.01. The maximum atomic E-state index is 13.6. The SMILES string of the molecule is CC(C)NC(=O)C1=C(C(=O)NC(C)C)C2(C(Cc3ccccc3)Nc3ccccc3)C=CC1O2. The molecule has 0 saturated heterocycles. The Morgan fingerprint density at radius 1 is 0.882 bits per heavy atom. The molecule has 34 heavy (non-hydrogen) atoms. The van der Waals surface area contributed by atoms with Crippen LogP contribution in [0.5, 0.6) is 0 Å². The minimum Gasteiger partial charge on any atom is -0.378 e. The van der Waals surface area contributed by atoms with Crippen molar-refractivity contribution in [1.29, 1.82) is 0 Å². The van der Waals surface area contributed by atoms with Crippen molar-refractivity contribution in [1.82, 2.24) is 10.6 Å². The summed E-state index contributed by atoms with van der Waals surface area (Å²) < 4.78 is 6.53. The first kappa shape index (κ1) is 23.8. The molecule has 2 aromatic rings. The highest BCUT2D eigenvalue weighted by molar-refractivity contribution is 6.09. The number of amides is 2. The van der Waals surface area contributed by atoms with Gasteiger partial charge in [0.25, 0.3) is 11.8 Å². The lowest BCUT2D eigenvalue weighted by Gasteiger charge is -2.36. The van der Waals surface area contributed by atoms with Gasteiger partial charge in [0.05, 0.1) is 17.2 Å². The van der Waals surface area contributed by atoms with E-state index in [0.717, 1.165) is 11.3 Å². The summed E-state index contributed by atoms with van der Waals surface area (Å²) in [5.74, 6) is -0.540. The number of hydrogen-bond acceptors (Lipinski definition) is 4. The van der Waals surface area contributed by atoms with Crippen LogP contribution in [0.15, 0.2) is 84.0 Å². The number of carbonyl (C=O) groups is 2. The van der Waals surface area contributed by atoms with Crippen LogP contribution in [0.25, 0.3) is 0 Å². The van der Waals surface area contributed by atoms with E-state index in [-0.39, 0.29) is 29.9 Å². The molecule has 0 aromatic heterocycles. The largest absolute Gasteiger partial charge is 0.378 e. The second-order valence-corrected chi connectivity index (χ2v) is 9.49. The van der Waals surface area contributed by atoms with Gasteiger partial charge in [-0.3, -0.25) is 9.59 Å². The molecule has 0 fully saturated rings. The van der Waals surface area contributed by atoms with E-state index in [1.807, 2.05) is 88.4 Å². The van der Waals surface area contributed by atoms with E-state index in [9.17, 15) is 9.59 Å². The Morgan fingerprint density at radius 3 is 2.09 bits per heavy atom. The standard InChI is InChI=1S/C28H33N3O3/c1-18(2)29-26(32)24-22-15-16-28(34-22,25(24)27(33)30-19(3)4)23(17-20-11-7-5-8-12-20)31-21-13-9-6-10-14-21/h5-16,18-19,22-23,31H,17H2,1-4H3,(H,29,32)(H,30,33). The normalized spacial score (nSPS) is 21.8. The molecule has 2 heterocycles. The second-order valence-electron chi connectivity index (χ2n) is 9.49. The molecule has 0 saturated carbocycles. The molecular formula is C28H33N3O3. The van der Waals surface area contributed by atoms with E-state index in [1.165, 1.54) is 0 Å². The maximum Gasteiger partial charge on any atom is 0.251 e. The van der Waals surface area contributed by atoms with Gasteiger partial charge >= 0.3 is 0 Å². The van der Waals surface area contributed by atoms with Gasteiger partial charge in [-0.1, -0.05) is 54.6 Å². The lowest BCUT2D eigenvalue weighted by atomic mass is 9.78. The number of para-hydroxylation sites is 1. The number of benzene rings is 2. The van der Waals surface area contributed by atoms with Gasteiger partial charge in [-0.2, -0.15) is 0 Å². The summed E-state index contributed by atoms with van der Waals surface area (Å²) in [6, 6.07) is 19.5. The van der Waals surface area contributed by atoms with E-state index in [2.05, 4.69) is 28.1 Å². The van der Waals surface area contributed by atoms with E-state index in [4.69, 9.17) is 4.74 Å². The van der Waals surface area contributed by atoms with Crippen LogP contribution >= 0.6 is 0 Å². The summed E-state index contributed by atoms with van der Waals surface area (Å²) >= 11 is 0. The minimum absolute atomic E-state index is 0.0592. The average molecular weight is 460 g/mol. The average Bonchev–Trinajstić information content (AvgIpc) is 3.37. The molecule has 0 spiro atoms. The molecular weight excluding hydrogens is 426 g/mol. The van der Waals surface area contributed by atoms with Crippen molar-refractivity contribution in [2.24, 2.45) is 0 Å². The molecule has 0 radical (unpaired) electrons. The molecule has 2 amide bonds. The number of fused-ring (bicyclic) bond motifs is 2. The molecule has 0 aliphatic carbocycles. The fraction of sp³-hybridized carbons (Fsp3) is 0.357. The van der Waals surface area contributed by atoms with E-state index in [0.29, 0.717) is 17.6 Å². The first-order valence-corrected chi connectivity index (χ1v) is 11.9. The van der Waals surface area contributed by atoms with Crippen molar-refractivity contribution >= 4 is 17.5 Å². The zero-order valence-electron chi connectivity index (χ0n) is 20.2. The van der Waals surface area contributed by atoms with Crippen LogP contribution in [-0.4, -0.2) is 41.6 Å². The number of ether oxygens (including phenoxy) is 1. The van der Waals surface area contributed by atoms with Gasteiger partial charge in [-0.25, -0.2) is 0 Å². The number of rotatable bonds is 9. The van der Waals surface area contributed by atoms with Crippen LogP contribution in [0.3, 0.4) is 0 Å². The molecule has 2 aromatic carbocycles. The first-order chi connectivity index (χ1) is 16.3. The second kappa shape index (κ2) is 9.85. The van der Waals surface area contributed by atoms with Gasteiger partial charge in [0.1, 0.15) is 11.7 Å². The zero-order chi connectivity index (χ0) is 24.3. The van der Waals surface area contributed by atoms with Crippen LogP contribution < -0.4 is 16.0 Å². The molecule has 3 atom stereocenters. The Bertz CT molecular complexity index is 1050. The fourth-order valence-electron chi connectivity index (χ4n) is 4.65. The monoisotopic (exact) mass is 459 g/mol. The molecule has 2 aliphatic rings. The molecule has 2 aliphatic heterocycles. The molecule has 6 nitrogen and oxygen atoms in total. The van der Waals surface area contributed by atoms with Crippen LogP contribution in [-0.2, 0) is 20.7 Å². The number of anilines is 1. The quantitative estimate of drug-likeness (QED) is 0.499. The summed E-state index contributed by atoms with van der Waals surface area (Å²) in [6.45, 7) is 7.63. The Labute approximate surface area is 201 Å². The maximum absolute atomic E-state index is 13.6. The van der Waals surface area contributed by atoms with Crippen molar-refractivity contribution in [3.05, 3.63) is 89.5 Å². The number of nitrogens with one attached hydrogen (secondary N) is 3. The first-order valence-electron chi connectivity index (χ1n) is 11.9. The van der Waals surface area contributed by atoms with E-state index in [1.54, 1.807) is 0 Å². The highest BCUT2D eigenvalue weighted by Crippen LogP contribution is 2.47. The van der Waals surface area contributed by atoms with Crippen LogP contribution in [0.2, 0.25) is 0 Å². The van der Waals surface area contributed by atoms with Crippen LogP contribution in [0.4, 0.5) is 5.69 Å². The van der Waals surface area contributed by atoms with Gasteiger partial charge in [0.2, 0.25) is 0 Å². The lowest BCUT2D eigenvalue weighted by Crippen LogP contribution is -2.52. The smallest absolute Gasteiger partial charge is 0.251 e. The zero-order valence-corrected chi connectivity index (χ0v) is 20.2. The Hall–Kier alpha value is -3.38. The molecule has 4 rings (SSSR count). The van der Waals surface area contributed by atoms with Gasteiger partial charge in [-0.05, 0) is 57.9 Å². The van der Waals surface area contributed by atoms with Gasteiger partial charge < -0.3 is 20.7 Å². The van der Waals surface area contributed by atoms with Crippen molar-refractivity contribution in [2.45, 2.75) is 63.9 Å². The van der Waals surface area contributed by atoms with Gasteiger partial charge in [-0.15, -0.1) is 0 Å². The lowest BCUT2D eigenvalue weighted by molar-refractivity contribution is -0.121. The Kier molecular flexibility index (Phi) is 6.89. The van der Waals surface area contributed by atoms with Gasteiger partial charge in [0.15, 0.2) is 0 Å². The number of carbonyl (C=O) groups excluding carboxylic acids is 2. The summed E-state index contributed by atoms with van der Waals surface area (Å²) in [5, 5.41) is 9.55. The molecule has 3 unspecified atom stereocenters. The molecule has 2 bridgehead atoms. The van der Waals surface area contributed by atoms with Crippen molar-refractivity contribution in [2.75, 3.05) is 5.32 Å². The van der Waals surface area contributed by atoms with Crippen molar-refractivity contribution in [3.63, 3.8) is 0 Å². The molecule has 178 valence electrons. The molecule has 3 N–H and O–H groups in total. The van der Waals surface area contributed by atoms with Crippen molar-refractivity contribution in [3.8, 4) is 0 Å². The summed E-state index contributed by atoms with van der Waals surface area (Å²) in [5.41, 5.74) is 1.72. The highest BCUT2D eigenvalue weighted by atomic mass is 16.5. The van der Waals surface area contributed by atoms with Gasteiger partial charge in [0, 0.05) is 17.8 Å². The Balaban J connectivity index is 1.81. The third kappa shape index (κ3) is 4.77. The predicted molar refractivity (Wildman–Crippen MR) is 134 cm³/mol. The summed E-state index contributed by atoms with van der Waals surface area (Å²) in [7, 11) is 0. The minimum atomic E-state index is -1.08. The summed E-state index contributed by atoms with van der Waals surface area (Å²) in [6.07, 6.45) is 3.88. The third-order valence-corrected chi connectivity index (χ3v) is 6.01. The Morgan fingerprint density at radius 2 is 1.47 bits per heavy atom. The highest BCUT2D eigenvalue weighted by Gasteiger charge is 2.57. The fourth-order valence-corrected chi connectivity index (χ4v) is 4.65. The van der Waals surface area contributed by atoms with Crippen LogP contribution in [0, 0.1) is 0 Å². The summed E-state index contributed by atoms with van der Waals surface area (Å²) in [4.78, 5) is 26.8. The number of hydrogen-bond donors (Lipinski definition) is 3. The van der Waals surface area contributed by atoms with Crippen LogP contribution in [0.1, 0.15) is 33.3 Å². The van der Waals surface area contributed by atoms with Crippen molar-refractivity contribution < 1.29 is 14.3 Å². The van der Waals surface area contributed by atoms with E-state index < -0.39 is 11.7 Å².